The number of nitrogens with one attached hydrogen (secondary N) is 1. The van der Waals surface area contributed by atoms with E-state index < -0.39 is 0 Å². The van der Waals surface area contributed by atoms with Gasteiger partial charge in [0.2, 0.25) is 0 Å². The van der Waals surface area contributed by atoms with Crippen molar-refractivity contribution in [2.24, 2.45) is 0 Å². The monoisotopic (exact) mass is 338 g/mol. The summed E-state index contributed by atoms with van der Waals surface area (Å²) < 4.78 is 5.20. The highest BCUT2D eigenvalue weighted by Crippen LogP contribution is 2.28. The summed E-state index contributed by atoms with van der Waals surface area (Å²) in [5.74, 6) is 0.0506. The number of amides is 1. The molecule has 2 aliphatic rings. The molecule has 4 rings (SSSR count). The second-order valence-electron chi connectivity index (χ2n) is 6.74. The van der Waals surface area contributed by atoms with Crippen LogP contribution in [0.3, 0.4) is 0 Å². The van der Waals surface area contributed by atoms with E-state index in [1.165, 1.54) is 5.56 Å². The standard InChI is InChI=1S/C19H22N4O2/c1-12-3-4-14(21-13(12)2)6-8-23-9-17-18(19(23)24)16(5-7-20-17)22-15-10-25-11-15/h3-5,7,15H,6,8-11H2,1-2H3,(H,20,22). The fourth-order valence-electron chi connectivity index (χ4n) is 3.19. The zero-order valence-corrected chi connectivity index (χ0v) is 14.6. The molecule has 0 unspecified atom stereocenters. The molecule has 0 radical (unpaired) electrons. The van der Waals surface area contributed by atoms with Gasteiger partial charge in [-0.05, 0) is 31.5 Å². The number of hydrogen-bond acceptors (Lipinski definition) is 5. The smallest absolute Gasteiger partial charge is 0.258 e. The van der Waals surface area contributed by atoms with Crippen molar-refractivity contribution in [3.05, 3.63) is 52.6 Å². The number of rotatable bonds is 5. The quantitative estimate of drug-likeness (QED) is 0.904. The Labute approximate surface area is 147 Å². The predicted octanol–water partition coefficient (Wildman–Crippen LogP) is 2.10. The molecule has 0 aromatic carbocycles. The molecule has 0 spiro atoms. The summed E-state index contributed by atoms with van der Waals surface area (Å²) in [5, 5.41) is 3.39. The largest absolute Gasteiger partial charge is 0.377 e. The molecule has 25 heavy (non-hydrogen) atoms. The van der Waals surface area contributed by atoms with Crippen LogP contribution in [0, 0.1) is 13.8 Å². The number of carbonyl (C=O) groups is 1. The summed E-state index contributed by atoms with van der Waals surface area (Å²) >= 11 is 0. The summed E-state index contributed by atoms with van der Waals surface area (Å²) in [5.41, 5.74) is 5.68. The maximum absolute atomic E-state index is 12.8. The SMILES string of the molecule is Cc1ccc(CCN2Cc3nccc(NC4COC4)c3C2=O)nc1C. The van der Waals surface area contributed by atoms with Gasteiger partial charge in [-0.25, -0.2) is 0 Å². The number of ether oxygens (including phenoxy) is 1. The fraction of sp³-hybridized carbons (Fsp3) is 0.421. The van der Waals surface area contributed by atoms with Gasteiger partial charge in [-0.15, -0.1) is 0 Å². The Hall–Kier alpha value is -2.47. The number of carbonyl (C=O) groups excluding carboxylic acids is 1. The second kappa shape index (κ2) is 6.44. The first-order valence-corrected chi connectivity index (χ1v) is 8.66. The number of fused-ring (bicyclic) bond motifs is 1. The molecule has 0 bridgehead atoms. The molecule has 2 aromatic heterocycles. The Kier molecular flexibility index (Phi) is 4.13. The first kappa shape index (κ1) is 16.0. The summed E-state index contributed by atoms with van der Waals surface area (Å²) in [7, 11) is 0. The van der Waals surface area contributed by atoms with Gasteiger partial charge in [0.15, 0.2) is 0 Å². The molecular formula is C19H22N4O2. The van der Waals surface area contributed by atoms with Crippen LogP contribution in [0.25, 0.3) is 0 Å². The van der Waals surface area contributed by atoms with Crippen LogP contribution in [0.1, 0.15) is 33.0 Å². The minimum Gasteiger partial charge on any atom is -0.377 e. The molecule has 1 N–H and O–H groups in total. The van der Waals surface area contributed by atoms with Crippen LogP contribution in [0.5, 0.6) is 0 Å². The predicted molar refractivity (Wildman–Crippen MR) is 94.6 cm³/mol. The topological polar surface area (TPSA) is 67.3 Å². The van der Waals surface area contributed by atoms with Crippen LogP contribution in [-0.2, 0) is 17.7 Å². The molecule has 6 nitrogen and oxygen atoms in total. The van der Waals surface area contributed by atoms with E-state index in [0.29, 0.717) is 31.9 Å². The highest BCUT2D eigenvalue weighted by Gasteiger charge is 2.32. The third-order valence-corrected chi connectivity index (χ3v) is 4.91. The molecule has 1 fully saturated rings. The van der Waals surface area contributed by atoms with E-state index in [2.05, 4.69) is 28.3 Å². The maximum Gasteiger partial charge on any atom is 0.258 e. The van der Waals surface area contributed by atoms with E-state index in [0.717, 1.165) is 29.2 Å². The van der Waals surface area contributed by atoms with Crippen LogP contribution >= 0.6 is 0 Å². The third kappa shape index (κ3) is 3.09. The second-order valence-corrected chi connectivity index (χ2v) is 6.74. The van der Waals surface area contributed by atoms with Crippen molar-refractivity contribution >= 4 is 11.6 Å². The first-order chi connectivity index (χ1) is 12.1. The lowest BCUT2D eigenvalue weighted by Crippen LogP contribution is -2.40. The van der Waals surface area contributed by atoms with Gasteiger partial charge in [0, 0.05) is 30.6 Å². The van der Waals surface area contributed by atoms with Gasteiger partial charge in [0.05, 0.1) is 42.7 Å². The number of aromatic nitrogens is 2. The van der Waals surface area contributed by atoms with Gasteiger partial charge in [0.1, 0.15) is 0 Å². The molecular weight excluding hydrogens is 316 g/mol. The fourth-order valence-corrected chi connectivity index (χ4v) is 3.19. The van der Waals surface area contributed by atoms with Crippen molar-refractivity contribution in [1.82, 2.24) is 14.9 Å². The Bertz CT molecular complexity index is 817. The zero-order chi connectivity index (χ0) is 17.4. The average molecular weight is 338 g/mol. The van der Waals surface area contributed by atoms with Gasteiger partial charge in [-0.2, -0.15) is 0 Å². The van der Waals surface area contributed by atoms with E-state index in [1.807, 2.05) is 24.0 Å². The van der Waals surface area contributed by atoms with Gasteiger partial charge >= 0.3 is 0 Å². The van der Waals surface area contributed by atoms with Crippen molar-refractivity contribution < 1.29 is 9.53 Å². The van der Waals surface area contributed by atoms with Crippen molar-refractivity contribution in [3.8, 4) is 0 Å². The van der Waals surface area contributed by atoms with Crippen LogP contribution in [-0.4, -0.2) is 46.6 Å². The maximum atomic E-state index is 12.8. The number of aryl methyl sites for hydroxylation is 2. The zero-order valence-electron chi connectivity index (χ0n) is 14.6. The molecule has 0 saturated carbocycles. The highest BCUT2D eigenvalue weighted by molar-refractivity contribution is 6.03. The molecule has 2 aliphatic heterocycles. The average Bonchev–Trinajstić information content (AvgIpc) is 2.89. The number of pyridine rings is 2. The number of hydrogen-bond donors (Lipinski definition) is 1. The Morgan fingerprint density at radius 2 is 2.12 bits per heavy atom. The third-order valence-electron chi connectivity index (χ3n) is 4.91. The van der Waals surface area contributed by atoms with E-state index in [1.54, 1.807) is 6.20 Å². The summed E-state index contributed by atoms with van der Waals surface area (Å²) in [6.45, 7) is 6.66. The molecule has 0 aliphatic carbocycles. The lowest BCUT2D eigenvalue weighted by molar-refractivity contribution is 0.0210. The van der Waals surface area contributed by atoms with Crippen LogP contribution in [0.4, 0.5) is 5.69 Å². The van der Waals surface area contributed by atoms with Crippen LogP contribution in [0.2, 0.25) is 0 Å². The van der Waals surface area contributed by atoms with Gasteiger partial charge in [-0.1, -0.05) is 6.07 Å². The van der Waals surface area contributed by atoms with Gasteiger partial charge < -0.3 is 15.0 Å². The number of anilines is 1. The van der Waals surface area contributed by atoms with Crippen molar-refractivity contribution in [1.29, 1.82) is 0 Å². The Morgan fingerprint density at radius 1 is 1.28 bits per heavy atom. The van der Waals surface area contributed by atoms with Crippen molar-refractivity contribution in [2.45, 2.75) is 32.9 Å². The van der Waals surface area contributed by atoms with Crippen molar-refractivity contribution in [2.75, 3.05) is 25.1 Å². The minimum absolute atomic E-state index is 0.0506. The summed E-state index contributed by atoms with van der Waals surface area (Å²) in [6, 6.07) is 6.29. The lowest BCUT2D eigenvalue weighted by Gasteiger charge is -2.28. The molecule has 0 atom stereocenters. The molecule has 4 heterocycles. The van der Waals surface area contributed by atoms with E-state index >= 15 is 0 Å². The normalized spacial score (nSPS) is 16.7. The van der Waals surface area contributed by atoms with E-state index in [9.17, 15) is 4.79 Å². The van der Waals surface area contributed by atoms with Crippen LogP contribution in [0.15, 0.2) is 24.4 Å². The number of nitrogens with zero attached hydrogens (tertiary/aromatic N) is 3. The first-order valence-electron chi connectivity index (χ1n) is 8.66. The van der Waals surface area contributed by atoms with E-state index in [-0.39, 0.29) is 11.9 Å². The summed E-state index contributed by atoms with van der Waals surface area (Å²) in [6.07, 6.45) is 2.52. The van der Waals surface area contributed by atoms with Gasteiger partial charge in [-0.3, -0.25) is 14.8 Å². The molecule has 6 heteroatoms. The molecule has 130 valence electrons. The van der Waals surface area contributed by atoms with Gasteiger partial charge in [0.25, 0.3) is 5.91 Å². The van der Waals surface area contributed by atoms with Crippen molar-refractivity contribution in [3.63, 3.8) is 0 Å². The molecule has 2 aromatic rings. The highest BCUT2D eigenvalue weighted by atomic mass is 16.5. The molecule has 1 saturated heterocycles. The lowest BCUT2D eigenvalue weighted by atomic mass is 10.1. The minimum atomic E-state index is 0.0506. The van der Waals surface area contributed by atoms with E-state index in [4.69, 9.17) is 4.74 Å². The Morgan fingerprint density at radius 3 is 2.84 bits per heavy atom. The molecule has 1 amide bonds. The Balaban J connectivity index is 1.46. The summed E-state index contributed by atoms with van der Waals surface area (Å²) in [4.78, 5) is 23.7. The van der Waals surface area contributed by atoms with Crippen LogP contribution < -0.4 is 5.32 Å².